The van der Waals surface area contributed by atoms with Crippen molar-refractivity contribution in [3.05, 3.63) is 68.8 Å². The lowest BCUT2D eigenvalue weighted by Crippen LogP contribution is -2.32. The molecule has 0 aliphatic carbocycles. The Hall–Kier alpha value is -2.60. The number of hydrogen-bond donors (Lipinski definition) is 1. The Labute approximate surface area is 207 Å². The molecule has 0 saturated heterocycles. The first-order valence-electron chi connectivity index (χ1n) is 11.6. The molecule has 8 heteroatoms. The van der Waals surface area contributed by atoms with Crippen molar-refractivity contribution in [2.45, 2.75) is 54.6 Å². The number of benzene rings is 2. The number of aliphatic carboxylic acids is 1. The number of hydrogen-bond acceptors (Lipinski definition) is 6. The van der Waals surface area contributed by atoms with Crippen LogP contribution in [-0.4, -0.2) is 54.2 Å². The Kier molecular flexibility index (Phi) is 9.73. The van der Waals surface area contributed by atoms with Crippen LogP contribution >= 0.6 is 7.14 Å². The van der Waals surface area contributed by atoms with E-state index in [0.29, 0.717) is 28.9 Å². The number of carboxylic acids is 1. The first-order valence-corrected chi connectivity index (χ1v) is 13.5. The lowest BCUT2D eigenvalue weighted by Gasteiger charge is -2.23. The quantitative estimate of drug-likeness (QED) is 0.306. The second-order valence-corrected chi connectivity index (χ2v) is 11.6. The fraction of sp³-hybridized carbons (Fsp3) is 0.444. The number of aryl methyl sites for hydroxylation is 6. The Morgan fingerprint density at radius 3 is 1.54 bits per heavy atom. The summed E-state index contributed by atoms with van der Waals surface area (Å²) in [5.41, 5.74) is 2.89. The van der Waals surface area contributed by atoms with Gasteiger partial charge in [-0.05, 0) is 70.7 Å². The Bertz CT molecular complexity index is 1060. The lowest BCUT2D eigenvalue weighted by molar-refractivity contribution is -0.149. The molecule has 0 amide bonds. The van der Waals surface area contributed by atoms with Crippen molar-refractivity contribution in [3.63, 3.8) is 0 Å². The molecule has 0 aliphatic rings. The molecule has 0 aromatic heterocycles. The van der Waals surface area contributed by atoms with Crippen LogP contribution in [0.4, 0.5) is 0 Å². The normalized spacial score (nSPS) is 12.4. The molecule has 0 fully saturated rings. The summed E-state index contributed by atoms with van der Waals surface area (Å²) >= 11 is 0. The Balaban J connectivity index is 2.66. The van der Waals surface area contributed by atoms with Gasteiger partial charge in [-0.2, -0.15) is 0 Å². The van der Waals surface area contributed by atoms with Gasteiger partial charge in [0.1, 0.15) is 0 Å². The van der Waals surface area contributed by atoms with E-state index in [0.717, 1.165) is 11.1 Å². The van der Waals surface area contributed by atoms with Gasteiger partial charge in [0.25, 0.3) is 0 Å². The Morgan fingerprint density at radius 2 is 1.20 bits per heavy atom. The summed E-state index contributed by atoms with van der Waals surface area (Å²) in [6, 6.07) is 7.13. The summed E-state index contributed by atoms with van der Waals surface area (Å²) in [5.74, 6) is -1.39. The average Bonchev–Trinajstić information content (AvgIpc) is 2.73. The fourth-order valence-corrected chi connectivity index (χ4v) is 7.16. The highest BCUT2D eigenvalue weighted by molar-refractivity contribution is 7.95. The minimum Gasteiger partial charge on any atom is -0.479 e. The molecular weight excluding hydrogens is 467 g/mol. The number of carbonyl (C=O) groups is 3. The molecule has 35 heavy (non-hydrogen) atoms. The van der Waals surface area contributed by atoms with Gasteiger partial charge in [-0.15, -0.1) is 0 Å². The standard InChI is InChI=1S/C27H35O7P/c1-8-33-9-10-34-22(25(28)29)15-35(32,26(30)23-18(4)11-16(2)12-19(23)5)27(31)24-20(6)13-17(3)14-21(24)7/h11-14,22H,8-10,15H2,1-7H3,(H,28,29). The average molecular weight is 503 g/mol. The van der Waals surface area contributed by atoms with Gasteiger partial charge >= 0.3 is 5.97 Å². The maximum atomic E-state index is 14.5. The minimum atomic E-state index is -4.47. The lowest BCUT2D eigenvalue weighted by atomic mass is 10.0. The van der Waals surface area contributed by atoms with E-state index in [1.807, 2.05) is 13.8 Å². The van der Waals surface area contributed by atoms with Crippen LogP contribution in [0.3, 0.4) is 0 Å². The van der Waals surface area contributed by atoms with Crippen LogP contribution in [0.15, 0.2) is 24.3 Å². The van der Waals surface area contributed by atoms with Crippen LogP contribution in [0.5, 0.6) is 0 Å². The van der Waals surface area contributed by atoms with Gasteiger partial charge in [0, 0.05) is 17.7 Å². The second kappa shape index (κ2) is 11.9. The molecule has 1 atom stereocenters. The molecule has 1 N–H and O–H groups in total. The third kappa shape index (κ3) is 6.54. The van der Waals surface area contributed by atoms with Crippen LogP contribution in [0.25, 0.3) is 0 Å². The first kappa shape index (κ1) is 28.6. The molecular formula is C27H35O7P. The van der Waals surface area contributed by atoms with E-state index >= 15 is 0 Å². The van der Waals surface area contributed by atoms with Crippen LogP contribution in [0.2, 0.25) is 0 Å². The van der Waals surface area contributed by atoms with Crippen molar-refractivity contribution in [2.24, 2.45) is 0 Å². The van der Waals surface area contributed by atoms with Crippen LogP contribution < -0.4 is 0 Å². The van der Waals surface area contributed by atoms with E-state index in [4.69, 9.17) is 9.47 Å². The van der Waals surface area contributed by atoms with E-state index in [1.165, 1.54) is 0 Å². The van der Waals surface area contributed by atoms with Crippen molar-refractivity contribution in [1.29, 1.82) is 0 Å². The molecule has 2 aromatic carbocycles. The summed E-state index contributed by atoms with van der Waals surface area (Å²) in [6.45, 7) is 12.9. The van der Waals surface area contributed by atoms with E-state index in [1.54, 1.807) is 58.9 Å². The summed E-state index contributed by atoms with van der Waals surface area (Å²) < 4.78 is 25.1. The number of carbonyl (C=O) groups excluding carboxylic acids is 2. The van der Waals surface area contributed by atoms with Gasteiger partial charge < -0.3 is 19.1 Å². The van der Waals surface area contributed by atoms with Gasteiger partial charge in [0.2, 0.25) is 18.2 Å². The first-order chi connectivity index (χ1) is 16.3. The zero-order chi connectivity index (χ0) is 26.5. The van der Waals surface area contributed by atoms with E-state index in [9.17, 15) is 24.1 Å². The predicted molar refractivity (Wildman–Crippen MR) is 136 cm³/mol. The zero-order valence-corrected chi connectivity index (χ0v) is 22.5. The third-order valence-corrected chi connectivity index (χ3v) is 8.49. The van der Waals surface area contributed by atoms with Crippen LogP contribution in [0.1, 0.15) is 61.0 Å². The molecule has 190 valence electrons. The molecule has 1 unspecified atom stereocenters. The molecule has 0 heterocycles. The summed E-state index contributed by atoms with van der Waals surface area (Å²) in [7, 11) is -4.47. The molecule has 0 aliphatic heterocycles. The van der Waals surface area contributed by atoms with Crippen molar-refractivity contribution < 1.29 is 33.5 Å². The van der Waals surface area contributed by atoms with Crippen molar-refractivity contribution in [3.8, 4) is 0 Å². The van der Waals surface area contributed by atoms with E-state index in [-0.39, 0.29) is 24.3 Å². The highest BCUT2D eigenvalue weighted by atomic mass is 31.2. The van der Waals surface area contributed by atoms with Gasteiger partial charge in [0.05, 0.1) is 19.4 Å². The van der Waals surface area contributed by atoms with Gasteiger partial charge in [-0.25, -0.2) is 4.79 Å². The fourth-order valence-electron chi connectivity index (χ4n) is 4.48. The van der Waals surface area contributed by atoms with Crippen molar-refractivity contribution >= 4 is 24.2 Å². The minimum absolute atomic E-state index is 0.0711. The topological polar surface area (TPSA) is 107 Å². The number of carboxylic acid groups (broad SMARTS) is 1. The van der Waals surface area contributed by atoms with Crippen molar-refractivity contribution in [1.82, 2.24) is 0 Å². The van der Waals surface area contributed by atoms with E-state index in [2.05, 4.69) is 0 Å². The molecule has 2 rings (SSSR count). The smallest absolute Gasteiger partial charge is 0.333 e. The summed E-state index contributed by atoms with van der Waals surface area (Å²) in [5, 5.41) is 9.78. The molecule has 0 spiro atoms. The number of ether oxygens (including phenoxy) is 2. The van der Waals surface area contributed by atoms with Gasteiger partial charge in [-0.1, -0.05) is 35.4 Å². The monoisotopic (exact) mass is 502 g/mol. The highest BCUT2D eigenvalue weighted by Gasteiger charge is 2.46. The maximum absolute atomic E-state index is 14.5. The van der Waals surface area contributed by atoms with Gasteiger partial charge in [0.15, 0.2) is 6.10 Å². The van der Waals surface area contributed by atoms with Crippen LogP contribution in [0, 0.1) is 41.5 Å². The summed E-state index contributed by atoms with van der Waals surface area (Å²) in [6.07, 6.45) is -2.34. The SMILES string of the molecule is CCOCCOC(CP(=O)(C(=O)c1c(C)cc(C)cc1C)C(=O)c1c(C)cc(C)cc1C)C(=O)O. The number of rotatable bonds is 12. The maximum Gasteiger partial charge on any atom is 0.333 e. The molecule has 2 aromatic rings. The van der Waals surface area contributed by atoms with Crippen LogP contribution in [-0.2, 0) is 18.8 Å². The predicted octanol–water partition coefficient (Wildman–Crippen LogP) is 5.39. The molecule has 7 nitrogen and oxygen atoms in total. The largest absolute Gasteiger partial charge is 0.479 e. The highest BCUT2D eigenvalue weighted by Crippen LogP contribution is 2.54. The second-order valence-electron chi connectivity index (χ2n) is 8.97. The van der Waals surface area contributed by atoms with Gasteiger partial charge in [-0.3, -0.25) is 9.59 Å². The summed E-state index contributed by atoms with van der Waals surface area (Å²) in [4.78, 5) is 39.8. The van der Waals surface area contributed by atoms with Crippen molar-refractivity contribution in [2.75, 3.05) is 26.0 Å². The third-order valence-electron chi connectivity index (χ3n) is 5.89. The molecule has 0 bridgehead atoms. The zero-order valence-electron chi connectivity index (χ0n) is 21.6. The Morgan fingerprint density at radius 1 is 0.800 bits per heavy atom. The van der Waals surface area contributed by atoms with E-state index < -0.39 is 36.4 Å². The molecule has 0 radical (unpaired) electrons. The molecule has 0 saturated carbocycles.